The van der Waals surface area contributed by atoms with Gasteiger partial charge in [0.05, 0.1) is 12.8 Å². The van der Waals surface area contributed by atoms with Gasteiger partial charge in [0.25, 0.3) is 0 Å². The SMILES string of the molecule is COc1ccc(N)c(OCC(=O)O)c1. The Balaban J connectivity index is 2.78. The maximum Gasteiger partial charge on any atom is 0.341 e. The molecule has 1 aromatic rings. The minimum absolute atomic E-state index is 0.312. The summed E-state index contributed by atoms with van der Waals surface area (Å²) in [6, 6.07) is 4.80. The van der Waals surface area contributed by atoms with Crippen LogP contribution in [-0.4, -0.2) is 24.8 Å². The van der Waals surface area contributed by atoms with Gasteiger partial charge in [-0.25, -0.2) is 4.79 Å². The molecule has 0 bridgehead atoms. The number of carboxylic acid groups (broad SMARTS) is 1. The summed E-state index contributed by atoms with van der Waals surface area (Å²) in [5, 5.41) is 8.40. The van der Waals surface area contributed by atoms with Crippen LogP contribution in [0.3, 0.4) is 0 Å². The Bertz CT molecular complexity index is 338. The van der Waals surface area contributed by atoms with Crippen LogP contribution in [0.5, 0.6) is 11.5 Å². The van der Waals surface area contributed by atoms with Crippen molar-refractivity contribution < 1.29 is 19.4 Å². The number of carboxylic acids is 1. The molecule has 0 aliphatic rings. The van der Waals surface area contributed by atoms with Gasteiger partial charge in [0, 0.05) is 6.07 Å². The number of methoxy groups -OCH3 is 1. The van der Waals surface area contributed by atoms with Crippen LogP contribution in [0.4, 0.5) is 5.69 Å². The molecular formula is C9H11NO4. The van der Waals surface area contributed by atoms with E-state index in [1.165, 1.54) is 13.2 Å². The number of rotatable bonds is 4. The summed E-state index contributed by atoms with van der Waals surface area (Å²) in [6.45, 7) is -0.419. The van der Waals surface area contributed by atoms with Crippen LogP contribution in [0.25, 0.3) is 0 Å². The molecule has 3 N–H and O–H groups in total. The standard InChI is InChI=1S/C9H11NO4/c1-13-6-2-3-7(10)8(4-6)14-5-9(11)12/h2-4H,5,10H2,1H3,(H,11,12). The minimum Gasteiger partial charge on any atom is -0.497 e. The van der Waals surface area contributed by atoms with E-state index in [0.29, 0.717) is 17.2 Å². The summed E-state index contributed by atoms with van der Waals surface area (Å²) in [6.07, 6.45) is 0. The van der Waals surface area contributed by atoms with Gasteiger partial charge in [0.1, 0.15) is 11.5 Å². The molecule has 14 heavy (non-hydrogen) atoms. The second kappa shape index (κ2) is 4.36. The van der Waals surface area contributed by atoms with E-state index in [4.69, 9.17) is 20.3 Å². The number of hydrogen-bond acceptors (Lipinski definition) is 4. The van der Waals surface area contributed by atoms with E-state index >= 15 is 0 Å². The number of nitrogen functional groups attached to an aromatic ring is 1. The maximum absolute atomic E-state index is 10.2. The van der Waals surface area contributed by atoms with E-state index in [-0.39, 0.29) is 0 Å². The first-order chi connectivity index (χ1) is 6.63. The Morgan fingerprint density at radius 2 is 2.29 bits per heavy atom. The number of benzene rings is 1. The molecule has 0 aliphatic carbocycles. The van der Waals surface area contributed by atoms with E-state index in [1.54, 1.807) is 12.1 Å². The molecule has 0 unspecified atom stereocenters. The van der Waals surface area contributed by atoms with Crippen molar-refractivity contribution in [1.29, 1.82) is 0 Å². The molecule has 0 spiro atoms. The lowest BCUT2D eigenvalue weighted by Crippen LogP contribution is -2.10. The van der Waals surface area contributed by atoms with E-state index in [1.807, 2.05) is 0 Å². The highest BCUT2D eigenvalue weighted by Crippen LogP contribution is 2.26. The average Bonchev–Trinajstić information content (AvgIpc) is 2.16. The maximum atomic E-state index is 10.2. The Morgan fingerprint density at radius 1 is 1.57 bits per heavy atom. The lowest BCUT2D eigenvalue weighted by molar-refractivity contribution is -0.139. The van der Waals surface area contributed by atoms with Gasteiger partial charge in [0.2, 0.25) is 0 Å². The molecule has 1 aromatic carbocycles. The number of anilines is 1. The second-order valence-electron chi connectivity index (χ2n) is 2.59. The predicted molar refractivity (Wildman–Crippen MR) is 50.5 cm³/mol. The molecule has 76 valence electrons. The molecule has 0 saturated heterocycles. The van der Waals surface area contributed by atoms with Crippen molar-refractivity contribution in [1.82, 2.24) is 0 Å². The van der Waals surface area contributed by atoms with E-state index < -0.39 is 12.6 Å². The number of carbonyl (C=O) groups is 1. The first-order valence-electron chi connectivity index (χ1n) is 3.91. The third-order valence-corrected chi connectivity index (χ3v) is 1.57. The van der Waals surface area contributed by atoms with Gasteiger partial charge < -0.3 is 20.3 Å². The fourth-order valence-electron chi connectivity index (χ4n) is 0.906. The van der Waals surface area contributed by atoms with Crippen LogP contribution in [0.1, 0.15) is 0 Å². The van der Waals surface area contributed by atoms with Gasteiger partial charge in [-0.05, 0) is 12.1 Å². The largest absolute Gasteiger partial charge is 0.497 e. The van der Waals surface area contributed by atoms with Crippen LogP contribution >= 0.6 is 0 Å². The molecule has 0 saturated carbocycles. The highest BCUT2D eigenvalue weighted by molar-refractivity contribution is 5.69. The molecule has 0 amide bonds. The first kappa shape index (κ1) is 10.2. The smallest absolute Gasteiger partial charge is 0.341 e. The zero-order valence-corrected chi connectivity index (χ0v) is 7.69. The van der Waals surface area contributed by atoms with Gasteiger partial charge in [-0.2, -0.15) is 0 Å². The van der Waals surface area contributed by atoms with Crippen molar-refractivity contribution in [3.05, 3.63) is 18.2 Å². The minimum atomic E-state index is -1.05. The van der Waals surface area contributed by atoms with Crippen molar-refractivity contribution >= 4 is 11.7 Å². The zero-order valence-electron chi connectivity index (χ0n) is 7.69. The van der Waals surface area contributed by atoms with Crippen LogP contribution < -0.4 is 15.2 Å². The molecule has 1 rings (SSSR count). The number of nitrogens with two attached hydrogens (primary N) is 1. The average molecular weight is 197 g/mol. The third kappa shape index (κ3) is 2.55. The Labute approximate surface area is 81.0 Å². The van der Waals surface area contributed by atoms with E-state index in [9.17, 15) is 4.79 Å². The lowest BCUT2D eigenvalue weighted by Gasteiger charge is -2.08. The third-order valence-electron chi connectivity index (χ3n) is 1.57. The monoisotopic (exact) mass is 197 g/mol. The Morgan fingerprint density at radius 3 is 2.86 bits per heavy atom. The highest BCUT2D eigenvalue weighted by Gasteiger charge is 2.04. The number of hydrogen-bond donors (Lipinski definition) is 2. The fourth-order valence-corrected chi connectivity index (χ4v) is 0.906. The summed E-state index contributed by atoms with van der Waals surface area (Å²) >= 11 is 0. The molecule has 0 fully saturated rings. The summed E-state index contributed by atoms with van der Waals surface area (Å²) in [5.74, 6) is -0.168. The molecule has 0 aromatic heterocycles. The summed E-state index contributed by atoms with van der Waals surface area (Å²) in [5.41, 5.74) is 5.94. The normalized spacial score (nSPS) is 9.50. The van der Waals surface area contributed by atoms with Gasteiger partial charge in [-0.1, -0.05) is 0 Å². The molecule has 5 heteroatoms. The Kier molecular flexibility index (Phi) is 3.17. The molecule has 5 nitrogen and oxygen atoms in total. The molecule has 0 heterocycles. The lowest BCUT2D eigenvalue weighted by atomic mass is 10.3. The summed E-state index contributed by atoms with van der Waals surface area (Å²) < 4.78 is 9.87. The van der Waals surface area contributed by atoms with Crippen molar-refractivity contribution in [3.8, 4) is 11.5 Å². The summed E-state index contributed by atoms with van der Waals surface area (Å²) in [7, 11) is 1.51. The predicted octanol–water partition coefficient (Wildman–Crippen LogP) is 0.741. The van der Waals surface area contributed by atoms with Crippen molar-refractivity contribution in [2.75, 3.05) is 19.5 Å². The molecule has 0 aliphatic heterocycles. The van der Waals surface area contributed by atoms with Gasteiger partial charge in [-0.15, -0.1) is 0 Å². The van der Waals surface area contributed by atoms with Gasteiger partial charge >= 0.3 is 5.97 Å². The molecule has 0 atom stereocenters. The first-order valence-corrected chi connectivity index (χ1v) is 3.91. The molecular weight excluding hydrogens is 186 g/mol. The van der Waals surface area contributed by atoms with Crippen LogP contribution in [0.15, 0.2) is 18.2 Å². The van der Waals surface area contributed by atoms with Crippen molar-refractivity contribution in [2.45, 2.75) is 0 Å². The fraction of sp³-hybridized carbons (Fsp3) is 0.222. The second-order valence-corrected chi connectivity index (χ2v) is 2.59. The van der Waals surface area contributed by atoms with Crippen molar-refractivity contribution in [3.63, 3.8) is 0 Å². The van der Waals surface area contributed by atoms with Crippen molar-refractivity contribution in [2.24, 2.45) is 0 Å². The number of ether oxygens (including phenoxy) is 2. The molecule has 0 radical (unpaired) electrons. The van der Waals surface area contributed by atoms with E-state index in [2.05, 4.69) is 0 Å². The van der Waals surface area contributed by atoms with Crippen LogP contribution in [0.2, 0.25) is 0 Å². The Hall–Kier alpha value is -1.91. The topological polar surface area (TPSA) is 81.8 Å². The van der Waals surface area contributed by atoms with Gasteiger partial charge in [-0.3, -0.25) is 0 Å². The van der Waals surface area contributed by atoms with E-state index in [0.717, 1.165) is 0 Å². The zero-order chi connectivity index (χ0) is 10.6. The summed E-state index contributed by atoms with van der Waals surface area (Å²) in [4.78, 5) is 10.2. The number of aliphatic carboxylic acids is 1. The van der Waals surface area contributed by atoms with Crippen LogP contribution in [-0.2, 0) is 4.79 Å². The van der Waals surface area contributed by atoms with Gasteiger partial charge in [0.15, 0.2) is 6.61 Å². The quantitative estimate of drug-likeness (QED) is 0.696. The highest BCUT2D eigenvalue weighted by atomic mass is 16.5. The van der Waals surface area contributed by atoms with Crippen LogP contribution in [0, 0.1) is 0 Å².